The maximum Gasteiger partial charge on any atom is 0.282 e. The Kier molecular flexibility index (Phi) is 5.55. The number of nitrogens with zero attached hydrogens (tertiary/aromatic N) is 2. The Morgan fingerprint density at radius 1 is 1.37 bits per heavy atom. The number of aliphatic hydroxyl groups is 1. The first-order valence-corrected chi connectivity index (χ1v) is 8.21. The van der Waals surface area contributed by atoms with Crippen LogP contribution in [0.5, 0.6) is 0 Å². The Bertz CT molecular complexity index is 364. The van der Waals surface area contributed by atoms with Gasteiger partial charge in [0, 0.05) is 32.2 Å². The zero-order valence-electron chi connectivity index (χ0n) is 11.1. The van der Waals surface area contributed by atoms with Crippen LogP contribution in [0.2, 0.25) is 0 Å². The molecule has 0 radical (unpaired) electrons. The molecule has 2 heterocycles. The van der Waals surface area contributed by atoms with Gasteiger partial charge in [-0.2, -0.15) is 17.0 Å². The van der Waals surface area contributed by atoms with Crippen molar-refractivity contribution in [3.63, 3.8) is 0 Å². The fourth-order valence-electron chi connectivity index (χ4n) is 2.51. The van der Waals surface area contributed by atoms with Gasteiger partial charge in [-0.1, -0.05) is 0 Å². The smallest absolute Gasteiger partial charge is 0.282 e. The SMILES string of the molecule is O=S(=O)(N1CCOCC1)N(CCO)CC1CCCN1. The molecule has 1 unspecified atom stereocenters. The summed E-state index contributed by atoms with van der Waals surface area (Å²) < 4.78 is 33.1. The molecule has 0 aromatic rings. The summed E-state index contributed by atoms with van der Waals surface area (Å²) in [6.07, 6.45) is 2.07. The van der Waals surface area contributed by atoms with E-state index in [4.69, 9.17) is 9.84 Å². The third-order valence-electron chi connectivity index (χ3n) is 3.56. The average molecular weight is 293 g/mol. The summed E-state index contributed by atoms with van der Waals surface area (Å²) in [7, 11) is -3.49. The molecule has 2 fully saturated rings. The van der Waals surface area contributed by atoms with Crippen LogP contribution in [0.25, 0.3) is 0 Å². The van der Waals surface area contributed by atoms with Crippen molar-refractivity contribution >= 4 is 10.2 Å². The van der Waals surface area contributed by atoms with Gasteiger partial charge >= 0.3 is 0 Å². The highest BCUT2D eigenvalue weighted by Gasteiger charge is 2.32. The highest BCUT2D eigenvalue weighted by molar-refractivity contribution is 7.86. The molecular weight excluding hydrogens is 270 g/mol. The van der Waals surface area contributed by atoms with Crippen molar-refractivity contribution in [1.29, 1.82) is 0 Å². The van der Waals surface area contributed by atoms with Gasteiger partial charge in [0.05, 0.1) is 19.8 Å². The van der Waals surface area contributed by atoms with Gasteiger partial charge in [0.15, 0.2) is 0 Å². The van der Waals surface area contributed by atoms with Crippen molar-refractivity contribution in [3.8, 4) is 0 Å². The lowest BCUT2D eigenvalue weighted by molar-refractivity contribution is 0.0695. The second kappa shape index (κ2) is 6.96. The van der Waals surface area contributed by atoms with Crippen molar-refractivity contribution < 1.29 is 18.3 Å². The maximum atomic E-state index is 12.5. The first-order valence-electron chi connectivity index (χ1n) is 6.82. The number of ether oxygens (including phenoxy) is 1. The van der Waals surface area contributed by atoms with E-state index in [-0.39, 0.29) is 19.2 Å². The van der Waals surface area contributed by atoms with E-state index in [1.165, 1.54) is 8.61 Å². The lowest BCUT2D eigenvalue weighted by Crippen LogP contribution is -2.52. The van der Waals surface area contributed by atoms with E-state index in [1.54, 1.807) is 0 Å². The lowest BCUT2D eigenvalue weighted by atomic mass is 10.2. The summed E-state index contributed by atoms with van der Waals surface area (Å²) in [4.78, 5) is 0. The molecule has 8 heteroatoms. The third-order valence-corrected chi connectivity index (χ3v) is 5.56. The Morgan fingerprint density at radius 3 is 2.68 bits per heavy atom. The normalized spacial score (nSPS) is 26.1. The molecule has 0 amide bonds. The molecule has 0 bridgehead atoms. The molecule has 2 saturated heterocycles. The van der Waals surface area contributed by atoms with E-state index in [2.05, 4.69) is 5.32 Å². The monoisotopic (exact) mass is 293 g/mol. The molecule has 0 saturated carbocycles. The van der Waals surface area contributed by atoms with E-state index < -0.39 is 10.2 Å². The Morgan fingerprint density at radius 2 is 2.11 bits per heavy atom. The van der Waals surface area contributed by atoms with Crippen LogP contribution in [-0.4, -0.2) is 80.7 Å². The molecule has 2 N–H and O–H groups in total. The number of hydrogen-bond acceptors (Lipinski definition) is 5. The molecule has 112 valence electrons. The number of hydrogen-bond donors (Lipinski definition) is 2. The highest BCUT2D eigenvalue weighted by atomic mass is 32.2. The second-order valence-corrected chi connectivity index (χ2v) is 6.82. The predicted octanol–water partition coefficient (Wildman–Crippen LogP) is -1.39. The maximum absolute atomic E-state index is 12.5. The van der Waals surface area contributed by atoms with Gasteiger partial charge in [0.1, 0.15) is 0 Å². The molecule has 7 nitrogen and oxygen atoms in total. The van der Waals surface area contributed by atoms with Crippen LogP contribution in [0.4, 0.5) is 0 Å². The molecule has 2 aliphatic heterocycles. The molecule has 0 aromatic carbocycles. The van der Waals surface area contributed by atoms with E-state index in [0.717, 1.165) is 19.4 Å². The minimum absolute atomic E-state index is 0.151. The highest BCUT2D eigenvalue weighted by Crippen LogP contribution is 2.14. The Labute approximate surface area is 114 Å². The van der Waals surface area contributed by atoms with Crippen LogP contribution < -0.4 is 5.32 Å². The lowest BCUT2D eigenvalue weighted by Gasteiger charge is -2.33. The van der Waals surface area contributed by atoms with Crippen molar-refractivity contribution in [2.75, 3.05) is 52.5 Å². The zero-order chi connectivity index (χ0) is 13.7. The average Bonchev–Trinajstić information content (AvgIpc) is 2.92. The van der Waals surface area contributed by atoms with E-state index in [1.807, 2.05) is 0 Å². The Balaban J connectivity index is 2.02. The van der Waals surface area contributed by atoms with Gasteiger partial charge in [0.2, 0.25) is 0 Å². The minimum Gasteiger partial charge on any atom is -0.395 e. The summed E-state index contributed by atoms with van der Waals surface area (Å²) in [6, 6.07) is 0.197. The van der Waals surface area contributed by atoms with Crippen molar-refractivity contribution in [2.45, 2.75) is 18.9 Å². The van der Waals surface area contributed by atoms with Crippen molar-refractivity contribution in [2.24, 2.45) is 0 Å². The molecule has 2 rings (SSSR count). The Hall–Kier alpha value is -0.250. The van der Waals surface area contributed by atoms with Crippen molar-refractivity contribution in [1.82, 2.24) is 13.9 Å². The summed E-state index contributed by atoms with van der Waals surface area (Å²) in [5.74, 6) is 0. The largest absolute Gasteiger partial charge is 0.395 e. The first kappa shape index (κ1) is 15.1. The summed E-state index contributed by atoms with van der Waals surface area (Å²) in [5, 5.41) is 12.4. The van der Waals surface area contributed by atoms with Crippen molar-refractivity contribution in [3.05, 3.63) is 0 Å². The van der Waals surface area contributed by atoms with Gasteiger partial charge in [-0.25, -0.2) is 0 Å². The van der Waals surface area contributed by atoms with E-state index in [9.17, 15) is 8.42 Å². The van der Waals surface area contributed by atoms with Gasteiger partial charge in [-0.05, 0) is 19.4 Å². The van der Waals surface area contributed by atoms with Crippen LogP contribution in [0.3, 0.4) is 0 Å². The molecule has 1 atom stereocenters. The fraction of sp³-hybridized carbons (Fsp3) is 1.00. The quantitative estimate of drug-likeness (QED) is 0.630. The summed E-state index contributed by atoms with van der Waals surface area (Å²) >= 11 is 0. The number of nitrogens with one attached hydrogen (secondary N) is 1. The minimum atomic E-state index is -3.49. The van der Waals surface area contributed by atoms with Crippen LogP contribution in [0.1, 0.15) is 12.8 Å². The van der Waals surface area contributed by atoms with Crippen LogP contribution >= 0.6 is 0 Å². The van der Waals surface area contributed by atoms with E-state index in [0.29, 0.717) is 32.8 Å². The van der Waals surface area contributed by atoms with Crippen LogP contribution in [-0.2, 0) is 14.9 Å². The van der Waals surface area contributed by atoms with Gasteiger partial charge in [0.25, 0.3) is 10.2 Å². The molecule has 2 aliphatic rings. The number of rotatable bonds is 6. The molecular formula is C11H23N3O4S. The molecule has 0 aliphatic carbocycles. The topological polar surface area (TPSA) is 82.1 Å². The van der Waals surface area contributed by atoms with Crippen LogP contribution in [0.15, 0.2) is 0 Å². The first-order chi connectivity index (χ1) is 9.14. The molecule has 0 spiro atoms. The third kappa shape index (κ3) is 3.87. The zero-order valence-corrected chi connectivity index (χ0v) is 11.9. The molecule has 19 heavy (non-hydrogen) atoms. The second-order valence-electron chi connectivity index (χ2n) is 4.89. The fourth-order valence-corrected chi connectivity index (χ4v) is 4.13. The van der Waals surface area contributed by atoms with E-state index >= 15 is 0 Å². The van der Waals surface area contributed by atoms with Gasteiger partial charge in [-0.15, -0.1) is 0 Å². The number of aliphatic hydroxyl groups excluding tert-OH is 1. The number of morpholine rings is 1. The van der Waals surface area contributed by atoms with Gasteiger partial charge < -0.3 is 15.2 Å². The standard InChI is InChI=1S/C11H23N3O4S/c15-7-4-14(10-11-2-1-3-12-11)19(16,17)13-5-8-18-9-6-13/h11-12,15H,1-10H2. The summed E-state index contributed by atoms with van der Waals surface area (Å²) in [5.41, 5.74) is 0. The summed E-state index contributed by atoms with van der Waals surface area (Å²) in [6.45, 7) is 3.02. The van der Waals surface area contributed by atoms with Gasteiger partial charge in [-0.3, -0.25) is 0 Å². The predicted molar refractivity (Wildman–Crippen MR) is 71.0 cm³/mol. The van der Waals surface area contributed by atoms with Crippen LogP contribution in [0, 0.1) is 0 Å². The molecule has 0 aromatic heterocycles.